The van der Waals surface area contributed by atoms with Gasteiger partial charge in [-0.1, -0.05) is 66.7 Å². The summed E-state index contributed by atoms with van der Waals surface area (Å²) in [6.07, 6.45) is 1.87. The maximum atomic E-state index is 12.6. The molecule has 7 heteroatoms. The second-order valence-electron chi connectivity index (χ2n) is 11.2. The lowest BCUT2D eigenvalue weighted by Crippen LogP contribution is -2.43. The van der Waals surface area contributed by atoms with Crippen molar-refractivity contribution in [3.63, 3.8) is 0 Å². The molecule has 7 nitrogen and oxygen atoms in total. The summed E-state index contributed by atoms with van der Waals surface area (Å²) in [7, 11) is 1.96. The van der Waals surface area contributed by atoms with E-state index in [9.17, 15) is 4.79 Å². The zero-order valence-corrected chi connectivity index (χ0v) is 24.2. The van der Waals surface area contributed by atoms with Crippen LogP contribution in [0, 0.1) is 6.92 Å². The molecule has 0 aliphatic carbocycles. The van der Waals surface area contributed by atoms with E-state index in [1.165, 1.54) is 0 Å². The molecule has 1 atom stereocenters. The van der Waals surface area contributed by atoms with Gasteiger partial charge in [0.05, 0.1) is 23.4 Å². The van der Waals surface area contributed by atoms with Crippen LogP contribution in [0.5, 0.6) is 5.75 Å². The lowest BCUT2D eigenvalue weighted by atomic mass is 9.98. The van der Waals surface area contributed by atoms with Gasteiger partial charge in [-0.25, -0.2) is 4.79 Å². The molecule has 5 aromatic rings. The number of rotatable bonds is 8. The number of carbonyl (C=O) groups is 1. The fourth-order valence-electron chi connectivity index (χ4n) is 4.78. The van der Waals surface area contributed by atoms with Gasteiger partial charge < -0.3 is 14.8 Å². The van der Waals surface area contributed by atoms with Crippen molar-refractivity contribution < 1.29 is 14.3 Å². The molecule has 0 aliphatic rings. The van der Waals surface area contributed by atoms with Crippen LogP contribution in [0.1, 0.15) is 32.0 Å². The summed E-state index contributed by atoms with van der Waals surface area (Å²) in [5.41, 5.74) is 6.42. The molecule has 210 valence electrons. The van der Waals surface area contributed by atoms with Crippen LogP contribution in [0.15, 0.2) is 91.1 Å². The highest BCUT2D eigenvalue weighted by Gasteiger charge is 2.21. The van der Waals surface area contributed by atoms with Gasteiger partial charge in [0, 0.05) is 29.3 Å². The Balaban J connectivity index is 1.45. The zero-order chi connectivity index (χ0) is 29.0. The molecule has 2 aromatic heterocycles. The summed E-state index contributed by atoms with van der Waals surface area (Å²) in [4.78, 5) is 17.5. The molecule has 0 saturated carbocycles. The molecule has 3 aromatic carbocycles. The van der Waals surface area contributed by atoms with Gasteiger partial charge in [-0.05, 0) is 63.4 Å². The number of fused-ring (bicyclic) bond motifs is 1. The van der Waals surface area contributed by atoms with Crippen LogP contribution in [-0.2, 0) is 18.2 Å². The Kier molecular flexibility index (Phi) is 8.06. The van der Waals surface area contributed by atoms with E-state index >= 15 is 0 Å². The fourth-order valence-corrected chi connectivity index (χ4v) is 4.78. The minimum atomic E-state index is -0.595. The van der Waals surface area contributed by atoms with Gasteiger partial charge in [0.2, 0.25) is 0 Å². The molecule has 1 N–H and O–H groups in total. The average Bonchev–Trinajstić information content (AvgIpc) is 3.24. The number of amides is 1. The van der Waals surface area contributed by atoms with E-state index in [1.807, 2.05) is 93.2 Å². The number of alkyl carbamates (subject to hydrolysis) is 1. The van der Waals surface area contributed by atoms with Crippen LogP contribution >= 0.6 is 0 Å². The maximum absolute atomic E-state index is 12.6. The third-order valence-corrected chi connectivity index (χ3v) is 6.85. The number of nitrogens with zero attached hydrogens (tertiary/aromatic N) is 3. The van der Waals surface area contributed by atoms with E-state index < -0.39 is 11.7 Å². The highest BCUT2D eigenvalue weighted by molar-refractivity contribution is 5.90. The SMILES string of the molecule is Cc1c2cc(-c3cc(OC[C@H](Cc4ccccc4)NC(=O)OC(C)(C)C)cnc3-c3ccccc3)ccc2nn1C. The average molecular weight is 549 g/mol. The first kappa shape index (κ1) is 27.9. The van der Waals surface area contributed by atoms with E-state index in [0.29, 0.717) is 12.2 Å². The van der Waals surface area contributed by atoms with Crippen molar-refractivity contribution >= 4 is 17.0 Å². The highest BCUT2D eigenvalue weighted by atomic mass is 16.6. The summed E-state index contributed by atoms with van der Waals surface area (Å²) in [6, 6.07) is 28.1. The summed E-state index contributed by atoms with van der Waals surface area (Å²) in [5.74, 6) is 0.617. The van der Waals surface area contributed by atoms with E-state index in [4.69, 9.17) is 14.5 Å². The number of pyridine rings is 1. The number of aryl methyl sites for hydroxylation is 2. The molecule has 2 heterocycles. The monoisotopic (exact) mass is 548 g/mol. The van der Waals surface area contributed by atoms with Crippen molar-refractivity contribution in [2.45, 2.75) is 45.8 Å². The lowest BCUT2D eigenvalue weighted by molar-refractivity contribution is 0.0487. The second-order valence-corrected chi connectivity index (χ2v) is 11.2. The first-order valence-corrected chi connectivity index (χ1v) is 13.8. The number of aromatic nitrogens is 3. The van der Waals surface area contributed by atoms with Crippen molar-refractivity contribution in [1.29, 1.82) is 0 Å². The minimum Gasteiger partial charge on any atom is -0.490 e. The molecule has 0 fully saturated rings. The number of benzene rings is 3. The number of hydrogen-bond donors (Lipinski definition) is 1. The van der Waals surface area contributed by atoms with Gasteiger partial charge in [-0.15, -0.1) is 0 Å². The molecule has 0 spiro atoms. The fraction of sp³-hybridized carbons (Fsp3) is 0.265. The highest BCUT2D eigenvalue weighted by Crippen LogP contribution is 2.35. The van der Waals surface area contributed by atoms with Gasteiger partial charge in [0.15, 0.2) is 0 Å². The van der Waals surface area contributed by atoms with Gasteiger partial charge in [0.1, 0.15) is 18.0 Å². The van der Waals surface area contributed by atoms with Crippen LogP contribution < -0.4 is 10.1 Å². The topological polar surface area (TPSA) is 78.3 Å². The summed E-state index contributed by atoms with van der Waals surface area (Å²) >= 11 is 0. The predicted octanol–water partition coefficient (Wildman–Crippen LogP) is 7.13. The van der Waals surface area contributed by atoms with E-state index in [-0.39, 0.29) is 12.6 Å². The standard InChI is InChI=1S/C34H36N4O3/c1-23-29-19-26(16-17-31(29)37-38(23)5)30-20-28(21-35-32(30)25-14-10-7-11-15-25)40-22-27(18-24-12-8-6-9-13-24)36-33(39)41-34(2,3)4/h6-17,19-21,27H,18,22H2,1-5H3,(H,36,39)/t27-/m0/s1. The van der Waals surface area contributed by atoms with Crippen LogP contribution in [0.4, 0.5) is 4.79 Å². The molecule has 0 unspecified atom stereocenters. The molecule has 0 aliphatic heterocycles. The molecule has 5 rings (SSSR count). The number of hydrogen-bond acceptors (Lipinski definition) is 5. The van der Waals surface area contributed by atoms with Gasteiger partial charge in [0.25, 0.3) is 0 Å². The molecule has 0 bridgehead atoms. The van der Waals surface area contributed by atoms with Gasteiger partial charge in [-0.2, -0.15) is 5.10 Å². The number of carbonyl (C=O) groups excluding carboxylic acids is 1. The molecular formula is C34H36N4O3. The smallest absolute Gasteiger partial charge is 0.408 e. The van der Waals surface area contributed by atoms with Crippen LogP contribution in [0.25, 0.3) is 33.3 Å². The maximum Gasteiger partial charge on any atom is 0.408 e. The lowest BCUT2D eigenvalue weighted by Gasteiger charge is -2.24. The number of nitrogens with one attached hydrogen (secondary N) is 1. The van der Waals surface area contributed by atoms with Crippen molar-refractivity contribution in [2.24, 2.45) is 7.05 Å². The largest absolute Gasteiger partial charge is 0.490 e. The Bertz CT molecular complexity index is 1640. The number of ether oxygens (including phenoxy) is 2. The summed E-state index contributed by atoms with van der Waals surface area (Å²) < 4.78 is 13.7. The third-order valence-electron chi connectivity index (χ3n) is 6.85. The van der Waals surface area contributed by atoms with Crippen molar-refractivity contribution in [1.82, 2.24) is 20.1 Å². The third kappa shape index (κ3) is 6.92. The van der Waals surface area contributed by atoms with Crippen molar-refractivity contribution in [3.05, 3.63) is 102 Å². The van der Waals surface area contributed by atoms with Crippen LogP contribution in [-0.4, -0.2) is 39.1 Å². The molecule has 0 radical (unpaired) electrons. The van der Waals surface area contributed by atoms with Crippen LogP contribution in [0.3, 0.4) is 0 Å². The molecule has 0 saturated heterocycles. The van der Waals surface area contributed by atoms with Gasteiger partial charge >= 0.3 is 6.09 Å². The van der Waals surface area contributed by atoms with E-state index in [1.54, 1.807) is 6.20 Å². The predicted molar refractivity (Wildman–Crippen MR) is 163 cm³/mol. The van der Waals surface area contributed by atoms with Crippen molar-refractivity contribution in [2.75, 3.05) is 6.61 Å². The van der Waals surface area contributed by atoms with Crippen molar-refractivity contribution in [3.8, 4) is 28.1 Å². The van der Waals surface area contributed by atoms with E-state index in [2.05, 4.69) is 41.6 Å². The Morgan fingerprint density at radius 1 is 0.951 bits per heavy atom. The quantitative estimate of drug-likeness (QED) is 0.223. The zero-order valence-electron chi connectivity index (χ0n) is 24.2. The normalized spacial score (nSPS) is 12.2. The first-order chi connectivity index (χ1) is 19.7. The van der Waals surface area contributed by atoms with Gasteiger partial charge in [-0.3, -0.25) is 9.67 Å². The summed E-state index contributed by atoms with van der Waals surface area (Å²) in [6.45, 7) is 7.86. The molecule has 41 heavy (non-hydrogen) atoms. The Morgan fingerprint density at radius 2 is 1.66 bits per heavy atom. The second kappa shape index (κ2) is 11.8. The first-order valence-electron chi connectivity index (χ1n) is 13.8. The minimum absolute atomic E-state index is 0.251. The summed E-state index contributed by atoms with van der Waals surface area (Å²) in [5, 5.41) is 8.69. The van der Waals surface area contributed by atoms with Crippen LogP contribution in [0.2, 0.25) is 0 Å². The molecule has 1 amide bonds. The Morgan fingerprint density at radius 3 is 2.37 bits per heavy atom. The van der Waals surface area contributed by atoms with E-state index in [0.717, 1.165) is 44.5 Å². The molecular weight excluding hydrogens is 512 g/mol. The Labute approximate surface area is 241 Å². The Hall–Kier alpha value is -4.65.